The van der Waals surface area contributed by atoms with Crippen LogP contribution in [0.3, 0.4) is 0 Å². The van der Waals surface area contributed by atoms with E-state index in [9.17, 15) is 0 Å². The van der Waals surface area contributed by atoms with E-state index in [1.54, 1.807) is 0 Å². The summed E-state index contributed by atoms with van der Waals surface area (Å²) < 4.78 is 5.59. The second kappa shape index (κ2) is 8.33. The van der Waals surface area contributed by atoms with Gasteiger partial charge in [0.1, 0.15) is 0 Å². The summed E-state index contributed by atoms with van der Waals surface area (Å²) in [4.78, 5) is 4.61. The molecule has 1 fully saturated rings. The van der Waals surface area contributed by atoms with Gasteiger partial charge in [0.05, 0.1) is 12.6 Å². The van der Waals surface area contributed by atoms with Crippen molar-refractivity contribution in [3.05, 3.63) is 35.4 Å². The minimum atomic E-state index is 0. The molecule has 2 atom stereocenters. The van der Waals surface area contributed by atoms with Gasteiger partial charge in [-0.1, -0.05) is 31.2 Å². The predicted octanol–water partition coefficient (Wildman–Crippen LogP) is 2.98. The van der Waals surface area contributed by atoms with Gasteiger partial charge in [0.2, 0.25) is 0 Å². The Balaban J connectivity index is 0.00000192. The van der Waals surface area contributed by atoms with E-state index in [2.05, 4.69) is 41.5 Å². The lowest BCUT2D eigenvalue weighted by Crippen LogP contribution is -2.39. The standard InChI is InChI=1S/C18H27N3O.HI/c1-18(10-4-7-14-6-2-3-9-16(14)18)13-21-17(19)20-12-15-8-5-11-22-15;/h2-3,6,9,15H,4-5,7-8,10-13H2,1H3,(H3,19,20,21);1H. The fourth-order valence-corrected chi connectivity index (χ4v) is 3.63. The van der Waals surface area contributed by atoms with Crippen LogP contribution in [0.15, 0.2) is 29.3 Å². The first kappa shape index (κ1) is 18.5. The minimum absolute atomic E-state index is 0. The molecule has 1 aromatic rings. The van der Waals surface area contributed by atoms with Crippen LogP contribution >= 0.6 is 24.0 Å². The van der Waals surface area contributed by atoms with Crippen LogP contribution in [0.2, 0.25) is 0 Å². The summed E-state index contributed by atoms with van der Waals surface area (Å²) in [6.07, 6.45) is 6.14. The third kappa shape index (κ3) is 4.59. The first-order valence-electron chi connectivity index (χ1n) is 8.41. The van der Waals surface area contributed by atoms with Crippen molar-refractivity contribution >= 4 is 29.9 Å². The van der Waals surface area contributed by atoms with Crippen molar-refractivity contribution in [3.63, 3.8) is 0 Å². The van der Waals surface area contributed by atoms with Gasteiger partial charge in [-0.05, 0) is 43.2 Å². The summed E-state index contributed by atoms with van der Waals surface area (Å²) in [7, 11) is 0. The van der Waals surface area contributed by atoms with E-state index in [1.165, 1.54) is 30.4 Å². The minimum Gasteiger partial charge on any atom is -0.376 e. The van der Waals surface area contributed by atoms with Gasteiger partial charge in [0, 0.05) is 18.6 Å². The smallest absolute Gasteiger partial charge is 0.188 e. The van der Waals surface area contributed by atoms with Gasteiger partial charge in [-0.2, -0.15) is 0 Å². The maximum atomic E-state index is 6.03. The number of rotatable bonds is 4. The number of nitrogens with two attached hydrogens (primary N) is 1. The molecule has 1 aromatic carbocycles. The Morgan fingerprint density at radius 3 is 3.00 bits per heavy atom. The van der Waals surface area contributed by atoms with Crippen LogP contribution in [0, 0.1) is 0 Å². The van der Waals surface area contributed by atoms with Crippen molar-refractivity contribution in [3.8, 4) is 0 Å². The van der Waals surface area contributed by atoms with Gasteiger partial charge in [0.15, 0.2) is 5.96 Å². The zero-order valence-corrected chi connectivity index (χ0v) is 16.2. The quantitative estimate of drug-likeness (QED) is 0.440. The Morgan fingerprint density at radius 1 is 1.39 bits per heavy atom. The Kier molecular flexibility index (Phi) is 6.71. The number of nitrogens with one attached hydrogen (secondary N) is 1. The van der Waals surface area contributed by atoms with Gasteiger partial charge in [-0.25, -0.2) is 0 Å². The normalized spacial score (nSPS) is 27.2. The van der Waals surface area contributed by atoms with Crippen molar-refractivity contribution < 1.29 is 4.74 Å². The second-order valence-electron chi connectivity index (χ2n) is 6.79. The number of hydrogen-bond donors (Lipinski definition) is 2. The zero-order chi connectivity index (χ0) is 15.4. The second-order valence-corrected chi connectivity index (χ2v) is 6.79. The van der Waals surface area contributed by atoms with Gasteiger partial charge in [-0.15, -0.1) is 24.0 Å². The fraction of sp³-hybridized carbons (Fsp3) is 0.611. The first-order valence-corrected chi connectivity index (χ1v) is 8.41. The number of halogens is 1. The van der Waals surface area contributed by atoms with Crippen molar-refractivity contribution in [2.75, 3.05) is 19.7 Å². The lowest BCUT2D eigenvalue weighted by atomic mass is 9.71. The molecule has 3 N–H and O–H groups in total. The van der Waals surface area contributed by atoms with Crippen molar-refractivity contribution in [2.24, 2.45) is 10.7 Å². The molecule has 1 aliphatic heterocycles. The van der Waals surface area contributed by atoms with Crippen molar-refractivity contribution in [2.45, 2.75) is 50.5 Å². The molecule has 2 unspecified atom stereocenters. The van der Waals surface area contributed by atoms with Crippen LogP contribution in [0.5, 0.6) is 0 Å². The summed E-state index contributed by atoms with van der Waals surface area (Å²) in [5.74, 6) is 0.541. The topological polar surface area (TPSA) is 59.6 Å². The Labute approximate surface area is 156 Å². The van der Waals surface area contributed by atoms with Crippen molar-refractivity contribution in [1.82, 2.24) is 5.32 Å². The number of benzene rings is 1. The Bertz CT molecular complexity index is 543. The van der Waals surface area contributed by atoms with Crippen LogP contribution in [0.25, 0.3) is 0 Å². The number of nitrogens with zero attached hydrogens (tertiary/aromatic N) is 1. The number of hydrogen-bond acceptors (Lipinski definition) is 2. The molecule has 1 aliphatic carbocycles. The van der Waals surface area contributed by atoms with Crippen LogP contribution < -0.4 is 11.1 Å². The molecule has 0 radical (unpaired) electrons. The SMILES string of the molecule is CC1(CN=C(N)NCC2CCCO2)CCCc2ccccc21.I. The fourth-order valence-electron chi connectivity index (χ4n) is 3.63. The average molecular weight is 429 g/mol. The van der Waals surface area contributed by atoms with E-state index in [0.717, 1.165) is 32.5 Å². The third-order valence-corrected chi connectivity index (χ3v) is 4.98. The molecule has 4 nitrogen and oxygen atoms in total. The number of guanidine groups is 1. The third-order valence-electron chi connectivity index (χ3n) is 4.98. The van der Waals surface area contributed by atoms with Gasteiger partial charge >= 0.3 is 0 Å². The van der Waals surface area contributed by atoms with Crippen LogP contribution in [-0.2, 0) is 16.6 Å². The van der Waals surface area contributed by atoms with Gasteiger partial charge in [0.25, 0.3) is 0 Å². The maximum absolute atomic E-state index is 6.03. The number of fused-ring (bicyclic) bond motifs is 1. The predicted molar refractivity (Wildman–Crippen MR) is 106 cm³/mol. The Hall–Kier alpha value is -0.820. The number of ether oxygens (including phenoxy) is 1. The lowest BCUT2D eigenvalue weighted by Gasteiger charge is -2.34. The molecule has 0 spiro atoms. The monoisotopic (exact) mass is 429 g/mol. The molecule has 0 aromatic heterocycles. The highest BCUT2D eigenvalue weighted by Crippen LogP contribution is 2.37. The Morgan fingerprint density at radius 2 is 2.22 bits per heavy atom. The highest BCUT2D eigenvalue weighted by molar-refractivity contribution is 14.0. The molecule has 0 amide bonds. The summed E-state index contributed by atoms with van der Waals surface area (Å²) in [5, 5.41) is 3.21. The molecular weight excluding hydrogens is 401 g/mol. The molecule has 23 heavy (non-hydrogen) atoms. The largest absolute Gasteiger partial charge is 0.376 e. The van der Waals surface area contributed by atoms with E-state index in [4.69, 9.17) is 10.5 Å². The van der Waals surface area contributed by atoms with Gasteiger partial charge < -0.3 is 15.8 Å². The number of aryl methyl sites for hydroxylation is 1. The first-order chi connectivity index (χ1) is 10.7. The summed E-state index contributed by atoms with van der Waals surface area (Å²) in [5.41, 5.74) is 9.04. The van der Waals surface area contributed by atoms with Crippen LogP contribution in [0.1, 0.15) is 43.7 Å². The molecule has 128 valence electrons. The molecule has 1 heterocycles. The number of aliphatic imine (C=N–C) groups is 1. The van der Waals surface area contributed by atoms with Gasteiger partial charge in [-0.3, -0.25) is 4.99 Å². The molecule has 0 bridgehead atoms. The molecule has 1 saturated heterocycles. The van der Waals surface area contributed by atoms with E-state index >= 15 is 0 Å². The highest BCUT2D eigenvalue weighted by atomic mass is 127. The molecular formula is C18H28IN3O. The van der Waals surface area contributed by atoms with Crippen LogP contribution in [0.4, 0.5) is 0 Å². The lowest BCUT2D eigenvalue weighted by molar-refractivity contribution is 0.114. The van der Waals surface area contributed by atoms with E-state index < -0.39 is 0 Å². The average Bonchev–Trinajstić information content (AvgIpc) is 3.05. The highest BCUT2D eigenvalue weighted by Gasteiger charge is 2.31. The molecule has 5 heteroatoms. The molecule has 2 aliphatic rings. The van der Waals surface area contributed by atoms with Crippen molar-refractivity contribution in [1.29, 1.82) is 0 Å². The van der Waals surface area contributed by atoms with Crippen LogP contribution in [-0.4, -0.2) is 31.8 Å². The zero-order valence-electron chi connectivity index (χ0n) is 13.9. The molecule has 0 saturated carbocycles. The maximum Gasteiger partial charge on any atom is 0.188 e. The van der Waals surface area contributed by atoms with E-state index in [-0.39, 0.29) is 29.4 Å². The molecule has 3 rings (SSSR count). The van der Waals surface area contributed by atoms with E-state index in [1.807, 2.05) is 0 Å². The summed E-state index contributed by atoms with van der Waals surface area (Å²) in [6, 6.07) is 8.76. The van der Waals surface area contributed by atoms with E-state index in [0.29, 0.717) is 12.1 Å². The summed E-state index contributed by atoms with van der Waals surface area (Å²) >= 11 is 0. The summed E-state index contributed by atoms with van der Waals surface area (Å²) in [6.45, 7) is 4.69.